The van der Waals surface area contributed by atoms with Crippen molar-refractivity contribution in [1.29, 1.82) is 0 Å². The third-order valence-corrected chi connectivity index (χ3v) is 4.71. The predicted octanol–water partition coefficient (Wildman–Crippen LogP) is 3.17. The minimum absolute atomic E-state index is 0.135. The molecule has 158 valence electrons. The molecule has 8 heteroatoms. The van der Waals surface area contributed by atoms with E-state index in [2.05, 4.69) is 10.3 Å². The summed E-state index contributed by atoms with van der Waals surface area (Å²) in [6.07, 6.45) is 3.08. The minimum Gasteiger partial charge on any atom is -0.490 e. The minimum atomic E-state index is -0.542. The van der Waals surface area contributed by atoms with Gasteiger partial charge in [-0.05, 0) is 59.6 Å². The first kappa shape index (κ1) is 21.0. The molecule has 0 unspecified atom stereocenters. The van der Waals surface area contributed by atoms with Crippen molar-refractivity contribution in [2.75, 3.05) is 19.7 Å². The molecule has 0 saturated carbocycles. The molecule has 0 bridgehead atoms. The number of nitrogens with zero attached hydrogens (tertiary/aromatic N) is 3. The number of rotatable bonds is 4. The number of nitrogens with one attached hydrogen (secondary N) is 1. The third kappa shape index (κ3) is 4.81. The van der Waals surface area contributed by atoms with Gasteiger partial charge in [0, 0.05) is 25.3 Å². The molecule has 8 nitrogen and oxygen atoms in total. The van der Waals surface area contributed by atoms with E-state index in [9.17, 15) is 9.59 Å². The molecule has 1 aliphatic heterocycles. The number of carbonyl (C=O) groups is 2. The van der Waals surface area contributed by atoms with Crippen LogP contribution in [0, 0.1) is 6.92 Å². The van der Waals surface area contributed by atoms with Crippen molar-refractivity contribution in [2.24, 2.45) is 0 Å². The Labute approximate surface area is 171 Å². The SMILES string of the molecule is CCOc1cccn2c(C(=O)N[C@@H]3CCCN(C(=O)OC(C)(C)C)C3)c(C)nc12. The van der Waals surface area contributed by atoms with Gasteiger partial charge in [0.15, 0.2) is 11.4 Å². The molecule has 3 rings (SSSR count). The van der Waals surface area contributed by atoms with Gasteiger partial charge in [-0.2, -0.15) is 0 Å². The Morgan fingerprint density at radius 2 is 2.10 bits per heavy atom. The molecular formula is C21H30N4O4. The Hall–Kier alpha value is -2.77. The third-order valence-electron chi connectivity index (χ3n) is 4.71. The normalized spacial score (nSPS) is 17.3. The summed E-state index contributed by atoms with van der Waals surface area (Å²) in [5.41, 5.74) is 1.19. The van der Waals surface area contributed by atoms with Gasteiger partial charge in [0.2, 0.25) is 0 Å². The Morgan fingerprint density at radius 3 is 2.79 bits per heavy atom. The van der Waals surface area contributed by atoms with Gasteiger partial charge in [0.1, 0.15) is 11.3 Å². The van der Waals surface area contributed by atoms with Crippen molar-refractivity contribution in [3.05, 3.63) is 29.7 Å². The second-order valence-corrected chi connectivity index (χ2v) is 8.28. The van der Waals surface area contributed by atoms with E-state index in [1.54, 1.807) is 15.5 Å². The molecule has 1 N–H and O–H groups in total. The first-order valence-corrected chi connectivity index (χ1v) is 10.1. The monoisotopic (exact) mass is 402 g/mol. The van der Waals surface area contributed by atoms with Crippen molar-refractivity contribution in [3.63, 3.8) is 0 Å². The van der Waals surface area contributed by atoms with Crippen LogP contribution in [0.5, 0.6) is 5.75 Å². The molecule has 0 radical (unpaired) electrons. The maximum atomic E-state index is 13.0. The van der Waals surface area contributed by atoms with Crippen LogP contribution in [0.4, 0.5) is 4.79 Å². The summed E-state index contributed by atoms with van der Waals surface area (Å²) >= 11 is 0. The Bertz CT molecular complexity index is 900. The number of ether oxygens (including phenoxy) is 2. The fraction of sp³-hybridized carbons (Fsp3) is 0.571. The van der Waals surface area contributed by atoms with Gasteiger partial charge in [0.25, 0.3) is 5.91 Å². The highest BCUT2D eigenvalue weighted by molar-refractivity contribution is 5.95. The first-order valence-electron chi connectivity index (χ1n) is 10.1. The van der Waals surface area contributed by atoms with Crippen LogP contribution in [0.25, 0.3) is 5.65 Å². The molecule has 1 fully saturated rings. The second kappa shape index (κ2) is 8.31. The second-order valence-electron chi connectivity index (χ2n) is 8.28. The Morgan fingerprint density at radius 1 is 1.34 bits per heavy atom. The number of fused-ring (bicyclic) bond motifs is 1. The van der Waals surface area contributed by atoms with Crippen molar-refractivity contribution < 1.29 is 19.1 Å². The molecule has 2 aromatic rings. The van der Waals surface area contributed by atoms with E-state index < -0.39 is 5.60 Å². The Balaban J connectivity index is 1.74. The van der Waals surface area contributed by atoms with Crippen LogP contribution in [0.3, 0.4) is 0 Å². The summed E-state index contributed by atoms with van der Waals surface area (Å²) in [7, 11) is 0. The molecule has 0 aliphatic carbocycles. The highest BCUT2D eigenvalue weighted by Gasteiger charge is 2.29. The molecule has 1 saturated heterocycles. The van der Waals surface area contributed by atoms with Crippen LogP contribution in [-0.4, -0.2) is 57.6 Å². The summed E-state index contributed by atoms with van der Waals surface area (Å²) in [5, 5.41) is 3.06. The first-order chi connectivity index (χ1) is 13.7. The van der Waals surface area contributed by atoms with Crippen molar-refractivity contribution >= 4 is 17.6 Å². The molecule has 3 heterocycles. The highest BCUT2D eigenvalue weighted by atomic mass is 16.6. The van der Waals surface area contributed by atoms with E-state index in [-0.39, 0.29) is 18.0 Å². The number of carbonyl (C=O) groups excluding carboxylic acids is 2. The molecule has 29 heavy (non-hydrogen) atoms. The number of piperidine rings is 1. The molecular weight excluding hydrogens is 372 g/mol. The average Bonchev–Trinajstić information content (AvgIpc) is 2.98. The van der Waals surface area contributed by atoms with Crippen LogP contribution in [0.2, 0.25) is 0 Å². The maximum Gasteiger partial charge on any atom is 0.410 e. The number of imidazole rings is 1. The number of hydrogen-bond donors (Lipinski definition) is 1. The molecule has 0 spiro atoms. The van der Waals surface area contributed by atoms with Gasteiger partial charge < -0.3 is 19.7 Å². The highest BCUT2D eigenvalue weighted by Crippen LogP contribution is 2.22. The number of amides is 2. The lowest BCUT2D eigenvalue weighted by atomic mass is 10.1. The van der Waals surface area contributed by atoms with Crippen LogP contribution < -0.4 is 10.1 Å². The van der Waals surface area contributed by atoms with Gasteiger partial charge in [-0.1, -0.05) is 0 Å². The summed E-state index contributed by atoms with van der Waals surface area (Å²) in [6, 6.07) is 3.54. The predicted molar refractivity (Wildman–Crippen MR) is 109 cm³/mol. The van der Waals surface area contributed by atoms with Gasteiger partial charge in [-0.3, -0.25) is 9.20 Å². The molecule has 2 aromatic heterocycles. The zero-order valence-electron chi connectivity index (χ0n) is 17.8. The lowest BCUT2D eigenvalue weighted by Crippen LogP contribution is -2.50. The smallest absolute Gasteiger partial charge is 0.410 e. The van der Waals surface area contributed by atoms with Crippen molar-refractivity contribution in [2.45, 2.75) is 59.1 Å². The Kier molecular flexibility index (Phi) is 6.00. The van der Waals surface area contributed by atoms with Crippen LogP contribution in [0.1, 0.15) is 56.7 Å². The van der Waals surface area contributed by atoms with Gasteiger partial charge in [-0.25, -0.2) is 9.78 Å². The standard InChI is InChI=1S/C21H30N4O4/c1-6-28-16-10-8-12-25-17(14(2)22-18(16)25)19(26)23-15-9-7-11-24(13-15)20(27)29-21(3,4)5/h8,10,12,15H,6-7,9,11,13H2,1-5H3,(H,23,26)/t15-/m1/s1. The van der Waals surface area contributed by atoms with E-state index in [4.69, 9.17) is 9.47 Å². The van der Waals surface area contributed by atoms with E-state index >= 15 is 0 Å². The average molecular weight is 402 g/mol. The lowest BCUT2D eigenvalue weighted by Gasteiger charge is -2.34. The van der Waals surface area contributed by atoms with Crippen molar-refractivity contribution in [1.82, 2.24) is 19.6 Å². The lowest BCUT2D eigenvalue weighted by molar-refractivity contribution is 0.0185. The number of likely N-dealkylation sites (tertiary alicyclic amines) is 1. The van der Waals surface area contributed by atoms with Crippen molar-refractivity contribution in [3.8, 4) is 5.75 Å². The number of aryl methyl sites for hydroxylation is 1. The van der Waals surface area contributed by atoms with Crippen LogP contribution in [0.15, 0.2) is 18.3 Å². The van der Waals surface area contributed by atoms with Crippen LogP contribution >= 0.6 is 0 Å². The topological polar surface area (TPSA) is 85.2 Å². The van der Waals surface area contributed by atoms with Gasteiger partial charge in [-0.15, -0.1) is 0 Å². The summed E-state index contributed by atoms with van der Waals surface area (Å²) in [4.78, 5) is 31.6. The van der Waals surface area contributed by atoms with Gasteiger partial charge in [0.05, 0.1) is 12.3 Å². The van der Waals surface area contributed by atoms with E-state index in [1.807, 2.05) is 46.8 Å². The molecule has 1 aliphatic rings. The fourth-order valence-corrected chi connectivity index (χ4v) is 3.54. The molecule has 2 amide bonds. The van der Waals surface area contributed by atoms with E-state index in [0.29, 0.717) is 42.5 Å². The fourth-order valence-electron chi connectivity index (χ4n) is 3.54. The number of aromatic nitrogens is 2. The quantitative estimate of drug-likeness (QED) is 0.849. The van der Waals surface area contributed by atoms with Gasteiger partial charge >= 0.3 is 6.09 Å². The number of hydrogen-bond acceptors (Lipinski definition) is 5. The molecule has 0 aromatic carbocycles. The van der Waals surface area contributed by atoms with E-state index in [1.165, 1.54) is 0 Å². The zero-order chi connectivity index (χ0) is 21.2. The van der Waals surface area contributed by atoms with E-state index in [0.717, 1.165) is 12.8 Å². The number of pyridine rings is 1. The van der Waals surface area contributed by atoms with Crippen LogP contribution in [-0.2, 0) is 4.74 Å². The summed E-state index contributed by atoms with van der Waals surface area (Å²) in [5.74, 6) is 0.436. The maximum absolute atomic E-state index is 13.0. The zero-order valence-corrected chi connectivity index (χ0v) is 17.8. The largest absolute Gasteiger partial charge is 0.490 e. The summed E-state index contributed by atoms with van der Waals surface area (Å²) < 4.78 is 12.8. The summed E-state index contributed by atoms with van der Waals surface area (Å²) in [6.45, 7) is 10.8. The molecule has 1 atom stereocenters.